The number of hydrogen-bond donors (Lipinski definition) is 1. The molecule has 1 aliphatic rings. The summed E-state index contributed by atoms with van der Waals surface area (Å²) in [6.07, 6.45) is 0.610. The van der Waals surface area contributed by atoms with E-state index in [-0.39, 0.29) is 23.0 Å². The van der Waals surface area contributed by atoms with Gasteiger partial charge in [-0.1, -0.05) is 28.9 Å². The molecule has 1 aromatic heterocycles. The molecule has 21 heavy (non-hydrogen) atoms. The summed E-state index contributed by atoms with van der Waals surface area (Å²) >= 11 is 6.17. The summed E-state index contributed by atoms with van der Waals surface area (Å²) in [5, 5.41) is 4.08. The lowest BCUT2D eigenvalue weighted by Gasteiger charge is -2.28. The molecule has 2 aromatic rings. The Hall–Kier alpha value is -1.57. The van der Waals surface area contributed by atoms with Gasteiger partial charge in [0.1, 0.15) is 0 Å². The zero-order chi connectivity index (χ0) is 15.2. The number of hydrogen-bond acceptors (Lipinski definition) is 5. The van der Waals surface area contributed by atoms with E-state index in [1.165, 1.54) is 11.2 Å². The predicted molar refractivity (Wildman–Crippen MR) is 78.4 cm³/mol. The Morgan fingerprint density at radius 3 is 2.86 bits per heavy atom. The normalized spacial score (nSPS) is 15.9. The number of nitrogen functional groups attached to an aromatic ring is 1. The Bertz CT molecular complexity index is 781. The topological polar surface area (TPSA) is 89.4 Å². The Kier molecular flexibility index (Phi) is 3.43. The summed E-state index contributed by atoms with van der Waals surface area (Å²) in [4.78, 5) is -0.0574. The largest absolute Gasteiger partial charge is 0.380 e. The smallest absolute Gasteiger partial charge is 0.250 e. The first-order valence-electron chi connectivity index (χ1n) is 6.39. The highest BCUT2D eigenvalue weighted by atomic mass is 35.5. The monoisotopic (exact) mass is 327 g/mol. The highest BCUT2D eigenvalue weighted by molar-refractivity contribution is 7.89. The molecule has 1 aliphatic heterocycles. The minimum absolute atomic E-state index is 0.0574. The number of rotatable bonds is 2. The fourth-order valence-electron chi connectivity index (χ4n) is 2.54. The van der Waals surface area contributed by atoms with Crippen LogP contribution in [0.4, 0.5) is 5.82 Å². The number of halogens is 1. The van der Waals surface area contributed by atoms with Crippen molar-refractivity contribution in [3.63, 3.8) is 0 Å². The van der Waals surface area contributed by atoms with Gasteiger partial charge in [-0.05, 0) is 30.5 Å². The van der Waals surface area contributed by atoms with E-state index in [9.17, 15) is 8.42 Å². The van der Waals surface area contributed by atoms with Gasteiger partial charge in [-0.2, -0.15) is 4.31 Å². The van der Waals surface area contributed by atoms with Crippen molar-refractivity contribution in [1.29, 1.82) is 0 Å². The van der Waals surface area contributed by atoms with Crippen LogP contribution < -0.4 is 5.73 Å². The van der Waals surface area contributed by atoms with Crippen LogP contribution in [-0.4, -0.2) is 24.4 Å². The van der Waals surface area contributed by atoms with Crippen LogP contribution in [0.3, 0.4) is 0 Å². The fraction of sp³-hybridized carbons (Fsp3) is 0.308. The first kappa shape index (κ1) is 14.4. The Balaban J connectivity index is 2.01. The summed E-state index contributed by atoms with van der Waals surface area (Å²) in [6, 6.07) is 5.59. The molecule has 0 spiro atoms. The Labute approximate surface area is 127 Å². The number of benzene rings is 1. The molecule has 112 valence electrons. The highest BCUT2D eigenvalue weighted by Gasteiger charge is 2.34. The van der Waals surface area contributed by atoms with Gasteiger partial charge in [0.15, 0.2) is 16.5 Å². The van der Waals surface area contributed by atoms with Gasteiger partial charge in [-0.3, -0.25) is 0 Å². The molecular weight excluding hydrogens is 314 g/mol. The van der Waals surface area contributed by atoms with E-state index in [0.29, 0.717) is 18.0 Å². The molecule has 0 unspecified atom stereocenters. The first-order chi connectivity index (χ1) is 9.91. The van der Waals surface area contributed by atoms with Gasteiger partial charge < -0.3 is 10.3 Å². The molecule has 1 aromatic carbocycles. The van der Waals surface area contributed by atoms with Crippen LogP contribution in [0.15, 0.2) is 27.6 Å². The van der Waals surface area contributed by atoms with Gasteiger partial charge in [-0.25, -0.2) is 8.42 Å². The van der Waals surface area contributed by atoms with E-state index in [1.807, 2.05) is 12.1 Å². The van der Waals surface area contributed by atoms with Gasteiger partial charge >= 0.3 is 0 Å². The number of aromatic nitrogens is 1. The molecule has 0 saturated heterocycles. The lowest BCUT2D eigenvalue weighted by atomic mass is 10.0. The summed E-state index contributed by atoms with van der Waals surface area (Å²) in [5.41, 5.74) is 7.53. The molecule has 2 N–H and O–H groups in total. The maximum absolute atomic E-state index is 12.7. The van der Waals surface area contributed by atoms with Crippen LogP contribution in [0.5, 0.6) is 0 Å². The standard InChI is InChI=1S/C13H14ClN3O3S/c1-8-12(13(15)16-20-8)21(18,19)17-6-5-9-3-2-4-11(14)10(9)7-17/h2-4H,5-7H2,1H3,(H2,15,16). The molecular formula is C13H14ClN3O3S. The van der Waals surface area contributed by atoms with Crippen LogP contribution in [0.2, 0.25) is 5.02 Å². The van der Waals surface area contributed by atoms with Crippen molar-refractivity contribution in [1.82, 2.24) is 9.46 Å². The van der Waals surface area contributed by atoms with Crippen molar-refractivity contribution < 1.29 is 12.9 Å². The summed E-state index contributed by atoms with van der Waals surface area (Å²) in [5.74, 6) is 0.0786. The third-order valence-electron chi connectivity index (χ3n) is 3.61. The molecule has 8 heteroatoms. The molecule has 0 aliphatic carbocycles. The first-order valence-corrected chi connectivity index (χ1v) is 8.21. The number of aryl methyl sites for hydroxylation is 1. The molecule has 0 fully saturated rings. The van der Waals surface area contributed by atoms with E-state index in [2.05, 4.69) is 5.16 Å². The zero-order valence-electron chi connectivity index (χ0n) is 11.3. The average Bonchev–Trinajstić information content (AvgIpc) is 2.79. The second-order valence-electron chi connectivity index (χ2n) is 4.92. The Morgan fingerprint density at radius 1 is 1.43 bits per heavy atom. The second-order valence-corrected chi connectivity index (χ2v) is 7.20. The van der Waals surface area contributed by atoms with Gasteiger partial charge in [0, 0.05) is 18.1 Å². The van der Waals surface area contributed by atoms with Crippen LogP contribution in [0.25, 0.3) is 0 Å². The minimum atomic E-state index is -3.75. The molecule has 3 rings (SSSR count). The van der Waals surface area contributed by atoms with Crippen molar-refractivity contribution >= 4 is 27.4 Å². The molecule has 0 atom stereocenters. The van der Waals surface area contributed by atoms with E-state index in [1.54, 1.807) is 6.07 Å². The number of sulfonamides is 1. The van der Waals surface area contributed by atoms with Gasteiger partial charge in [0.25, 0.3) is 10.0 Å². The van der Waals surface area contributed by atoms with E-state index < -0.39 is 10.0 Å². The van der Waals surface area contributed by atoms with E-state index in [0.717, 1.165) is 11.1 Å². The Morgan fingerprint density at radius 2 is 2.19 bits per heavy atom. The van der Waals surface area contributed by atoms with Crippen molar-refractivity contribution in [2.45, 2.75) is 24.8 Å². The van der Waals surface area contributed by atoms with E-state index in [4.69, 9.17) is 21.9 Å². The maximum Gasteiger partial charge on any atom is 0.250 e. The third kappa shape index (κ3) is 2.31. The minimum Gasteiger partial charge on any atom is -0.380 e. The van der Waals surface area contributed by atoms with Crippen LogP contribution in [-0.2, 0) is 23.0 Å². The van der Waals surface area contributed by atoms with Gasteiger partial charge in [0.05, 0.1) is 0 Å². The van der Waals surface area contributed by atoms with Crippen molar-refractivity contribution in [2.24, 2.45) is 0 Å². The number of anilines is 1. The maximum atomic E-state index is 12.7. The average molecular weight is 328 g/mol. The third-order valence-corrected chi connectivity index (χ3v) is 5.97. The molecule has 0 amide bonds. The summed E-state index contributed by atoms with van der Waals surface area (Å²) in [7, 11) is -3.75. The van der Waals surface area contributed by atoms with Gasteiger partial charge in [0.2, 0.25) is 0 Å². The van der Waals surface area contributed by atoms with Crippen molar-refractivity contribution in [3.05, 3.63) is 40.1 Å². The van der Waals surface area contributed by atoms with Crippen molar-refractivity contribution in [2.75, 3.05) is 12.3 Å². The fourth-order valence-corrected chi connectivity index (χ4v) is 4.39. The van der Waals surface area contributed by atoms with Crippen LogP contribution >= 0.6 is 11.6 Å². The zero-order valence-corrected chi connectivity index (χ0v) is 12.9. The van der Waals surface area contributed by atoms with Crippen LogP contribution in [0, 0.1) is 6.92 Å². The van der Waals surface area contributed by atoms with E-state index >= 15 is 0 Å². The second kappa shape index (κ2) is 5.01. The predicted octanol–water partition coefficient (Wildman–Crippen LogP) is 1.97. The van der Waals surface area contributed by atoms with Gasteiger partial charge in [-0.15, -0.1) is 0 Å². The summed E-state index contributed by atoms with van der Waals surface area (Å²) in [6.45, 7) is 2.13. The number of nitrogens with zero attached hydrogens (tertiary/aromatic N) is 2. The molecule has 0 bridgehead atoms. The lowest BCUT2D eigenvalue weighted by Crippen LogP contribution is -2.36. The molecule has 6 nitrogen and oxygen atoms in total. The molecule has 2 heterocycles. The lowest BCUT2D eigenvalue weighted by molar-refractivity contribution is 0.383. The van der Waals surface area contributed by atoms with Crippen molar-refractivity contribution in [3.8, 4) is 0 Å². The molecule has 0 saturated carbocycles. The number of fused-ring (bicyclic) bond motifs is 1. The highest BCUT2D eigenvalue weighted by Crippen LogP contribution is 2.32. The SMILES string of the molecule is Cc1onc(N)c1S(=O)(=O)N1CCc2cccc(Cl)c2C1. The number of nitrogens with two attached hydrogens (primary N) is 1. The summed E-state index contributed by atoms with van der Waals surface area (Å²) < 4.78 is 31.6. The quantitative estimate of drug-likeness (QED) is 0.910. The molecule has 0 radical (unpaired) electrons. The van der Waals surface area contributed by atoms with Crippen LogP contribution in [0.1, 0.15) is 16.9 Å².